The Morgan fingerprint density at radius 1 is 1.06 bits per heavy atom. The molecule has 4 rings (SSSR count). The molecule has 0 spiro atoms. The van der Waals surface area contributed by atoms with Crippen LogP contribution in [0.15, 0.2) is 79.0 Å². The quantitative estimate of drug-likeness (QED) is 0.376. The van der Waals surface area contributed by atoms with Crippen LogP contribution in [-0.4, -0.2) is 34.0 Å². The van der Waals surface area contributed by atoms with Gasteiger partial charge in [0, 0.05) is 11.8 Å². The number of rotatable bonds is 7. The van der Waals surface area contributed by atoms with Gasteiger partial charge in [0.25, 0.3) is 0 Å². The fourth-order valence-electron chi connectivity index (χ4n) is 3.60. The lowest BCUT2D eigenvalue weighted by atomic mass is 10.0. The largest absolute Gasteiger partial charge is 0.488 e. The van der Waals surface area contributed by atoms with Gasteiger partial charge in [0.1, 0.15) is 17.7 Å². The number of nitrogens with one attached hydrogen (secondary N) is 1. The molecule has 0 fully saturated rings. The second kappa shape index (κ2) is 9.54. The maximum atomic E-state index is 13.2. The summed E-state index contributed by atoms with van der Waals surface area (Å²) >= 11 is 0. The van der Waals surface area contributed by atoms with E-state index in [1.165, 1.54) is 19.1 Å². The van der Waals surface area contributed by atoms with Crippen LogP contribution in [0, 0.1) is 5.82 Å². The van der Waals surface area contributed by atoms with E-state index >= 15 is 0 Å². The molecule has 0 saturated heterocycles. The van der Waals surface area contributed by atoms with Gasteiger partial charge in [-0.05, 0) is 55.0 Å². The van der Waals surface area contributed by atoms with Crippen LogP contribution in [0.25, 0.3) is 16.6 Å². The Balaban J connectivity index is 1.59. The van der Waals surface area contributed by atoms with Gasteiger partial charge in [0.15, 0.2) is 0 Å². The molecule has 0 unspecified atom stereocenters. The second-order valence-electron chi connectivity index (χ2n) is 7.86. The van der Waals surface area contributed by atoms with E-state index in [9.17, 15) is 22.4 Å². The smallest absolute Gasteiger partial charge is 0.471 e. The molecule has 0 bridgehead atoms. The van der Waals surface area contributed by atoms with Crippen molar-refractivity contribution in [3.8, 4) is 11.4 Å². The molecule has 0 radical (unpaired) electrons. The third-order valence-corrected chi connectivity index (χ3v) is 5.35. The van der Waals surface area contributed by atoms with Gasteiger partial charge >= 0.3 is 12.1 Å². The Hall–Kier alpha value is -3.88. The predicted octanol–water partition coefficient (Wildman–Crippen LogP) is 5.22. The molecule has 0 aliphatic heterocycles. The van der Waals surface area contributed by atoms with Gasteiger partial charge in [-0.3, -0.25) is 4.79 Å². The summed E-state index contributed by atoms with van der Waals surface area (Å²) in [5, 5.41) is 7.06. The van der Waals surface area contributed by atoms with Crippen molar-refractivity contribution >= 4 is 16.8 Å². The Labute approximate surface area is 193 Å². The summed E-state index contributed by atoms with van der Waals surface area (Å²) < 4.78 is 59.3. The van der Waals surface area contributed by atoms with Crippen molar-refractivity contribution in [3.05, 3.63) is 90.4 Å². The summed E-state index contributed by atoms with van der Waals surface area (Å²) in [7, 11) is 0. The number of halogens is 4. The SMILES string of the molecule is C[C@H](NC(=O)C(F)(F)F)[C@H](Cc1ccccc1)Oc1ccc2c(cnn2-c2ccc(F)cc2)c1. The highest BCUT2D eigenvalue weighted by Gasteiger charge is 2.40. The summed E-state index contributed by atoms with van der Waals surface area (Å²) in [5.74, 6) is -1.95. The van der Waals surface area contributed by atoms with E-state index < -0.39 is 24.2 Å². The van der Waals surface area contributed by atoms with Crippen LogP contribution in [0.5, 0.6) is 5.75 Å². The average molecular weight is 471 g/mol. The Bertz CT molecular complexity index is 1270. The van der Waals surface area contributed by atoms with Crippen molar-refractivity contribution in [2.75, 3.05) is 0 Å². The number of amides is 1. The minimum atomic E-state index is -4.99. The predicted molar refractivity (Wildman–Crippen MR) is 119 cm³/mol. The summed E-state index contributed by atoms with van der Waals surface area (Å²) in [5.41, 5.74) is 2.28. The minimum Gasteiger partial charge on any atom is -0.488 e. The highest BCUT2D eigenvalue weighted by atomic mass is 19.4. The molecule has 0 saturated carbocycles. The molecule has 2 atom stereocenters. The Morgan fingerprint density at radius 3 is 2.44 bits per heavy atom. The first kappa shape index (κ1) is 23.3. The summed E-state index contributed by atoms with van der Waals surface area (Å²) in [6.07, 6.45) is -3.85. The number of carbonyl (C=O) groups is 1. The molecule has 5 nitrogen and oxygen atoms in total. The van der Waals surface area contributed by atoms with Crippen molar-refractivity contribution in [3.63, 3.8) is 0 Å². The molecule has 1 aromatic heterocycles. The Kier molecular flexibility index (Phi) is 6.54. The second-order valence-corrected chi connectivity index (χ2v) is 7.86. The third kappa shape index (κ3) is 5.36. The number of hydrogen-bond acceptors (Lipinski definition) is 3. The molecule has 1 amide bonds. The van der Waals surface area contributed by atoms with E-state index in [-0.39, 0.29) is 12.2 Å². The Morgan fingerprint density at radius 2 is 1.76 bits per heavy atom. The topological polar surface area (TPSA) is 56.1 Å². The van der Waals surface area contributed by atoms with E-state index in [0.717, 1.165) is 16.5 Å². The standard InChI is InChI=1S/C25H21F4N3O2/c1-16(31-24(33)25(27,28)29)23(13-17-5-3-2-4-6-17)34-21-11-12-22-18(14-21)15-30-32(22)20-9-7-19(26)8-10-20/h2-12,14-16,23H,13H2,1H3,(H,31,33)/t16-,23-/m0/s1. The fourth-order valence-corrected chi connectivity index (χ4v) is 3.60. The normalized spacial score (nSPS) is 13.4. The molecular weight excluding hydrogens is 450 g/mol. The number of aromatic nitrogens is 2. The molecule has 176 valence electrons. The van der Waals surface area contributed by atoms with Gasteiger partial charge in [0.05, 0.1) is 23.4 Å². The molecule has 3 aromatic carbocycles. The first-order chi connectivity index (χ1) is 16.2. The molecule has 1 N–H and O–H groups in total. The van der Waals surface area contributed by atoms with Gasteiger partial charge in [-0.2, -0.15) is 18.3 Å². The highest BCUT2D eigenvalue weighted by Crippen LogP contribution is 2.25. The van der Waals surface area contributed by atoms with E-state index in [2.05, 4.69) is 5.10 Å². The first-order valence-corrected chi connectivity index (χ1v) is 10.5. The zero-order valence-electron chi connectivity index (χ0n) is 18.1. The summed E-state index contributed by atoms with van der Waals surface area (Å²) in [4.78, 5) is 11.5. The minimum absolute atomic E-state index is 0.285. The zero-order valence-corrected chi connectivity index (χ0v) is 18.1. The lowest BCUT2D eigenvalue weighted by Crippen LogP contribution is -2.49. The van der Waals surface area contributed by atoms with Crippen molar-refractivity contribution in [1.29, 1.82) is 0 Å². The van der Waals surface area contributed by atoms with Crippen LogP contribution >= 0.6 is 0 Å². The zero-order chi connectivity index (χ0) is 24.3. The van der Waals surface area contributed by atoms with Gasteiger partial charge in [0.2, 0.25) is 0 Å². The van der Waals surface area contributed by atoms with E-state index in [1.807, 2.05) is 35.6 Å². The first-order valence-electron chi connectivity index (χ1n) is 10.5. The van der Waals surface area contributed by atoms with Crippen molar-refractivity contribution < 1.29 is 27.1 Å². The van der Waals surface area contributed by atoms with Gasteiger partial charge < -0.3 is 10.1 Å². The van der Waals surface area contributed by atoms with Crippen LogP contribution in [0.3, 0.4) is 0 Å². The summed E-state index contributed by atoms with van der Waals surface area (Å²) in [6.45, 7) is 1.47. The molecular formula is C25H21F4N3O2. The molecule has 0 aliphatic carbocycles. The fraction of sp³-hybridized carbons (Fsp3) is 0.200. The lowest BCUT2D eigenvalue weighted by Gasteiger charge is -2.26. The van der Waals surface area contributed by atoms with Crippen molar-refractivity contribution in [2.45, 2.75) is 31.7 Å². The molecule has 0 aliphatic rings. The van der Waals surface area contributed by atoms with Crippen LogP contribution in [0.4, 0.5) is 17.6 Å². The molecule has 9 heteroatoms. The third-order valence-electron chi connectivity index (χ3n) is 5.35. The van der Waals surface area contributed by atoms with Crippen molar-refractivity contribution in [2.24, 2.45) is 0 Å². The van der Waals surface area contributed by atoms with Crippen LogP contribution in [0.1, 0.15) is 12.5 Å². The van der Waals surface area contributed by atoms with Gasteiger partial charge in [-0.25, -0.2) is 9.07 Å². The summed E-state index contributed by atoms with van der Waals surface area (Å²) in [6, 6.07) is 19.3. The van der Waals surface area contributed by atoms with Crippen molar-refractivity contribution in [1.82, 2.24) is 15.1 Å². The lowest BCUT2D eigenvalue weighted by molar-refractivity contribution is -0.174. The van der Waals surface area contributed by atoms with E-state index in [1.54, 1.807) is 41.2 Å². The number of benzene rings is 3. The highest BCUT2D eigenvalue weighted by molar-refractivity contribution is 5.82. The number of hydrogen-bond donors (Lipinski definition) is 1. The molecule has 1 heterocycles. The maximum Gasteiger partial charge on any atom is 0.471 e. The van der Waals surface area contributed by atoms with Crippen LogP contribution in [0.2, 0.25) is 0 Å². The maximum absolute atomic E-state index is 13.2. The van der Waals surface area contributed by atoms with Gasteiger partial charge in [-0.1, -0.05) is 30.3 Å². The van der Waals surface area contributed by atoms with Crippen LogP contribution in [-0.2, 0) is 11.2 Å². The van der Waals surface area contributed by atoms with Crippen LogP contribution < -0.4 is 10.1 Å². The number of ether oxygens (including phenoxy) is 1. The van der Waals surface area contributed by atoms with Gasteiger partial charge in [-0.15, -0.1) is 0 Å². The average Bonchev–Trinajstić information content (AvgIpc) is 3.22. The molecule has 4 aromatic rings. The molecule has 34 heavy (non-hydrogen) atoms. The van der Waals surface area contributed by atoms with E-state index in [4.69, 9.17) is 4.74 Å². The number of alkyl halides is 3. The van der Waals surface area contributed by atoms with E-state index in [0.29, 0.717) is 11.4 Å². The monoisotopic (exact) mass is 471 g/mol. The number of nitrogens with zero attached hydrogens (tertiary/aromatic N) is 2. The number of fused-ring (bicyclic) bond motifs is 1. The number of carbonyl (C=O) groups excluding carboxylic acids is 1.